The predicted octanol–water partition coefficient (Wildman–Crippen LogP) is 2.45. The van der Waals surface area contributed by atoms with Crippen molar-refractivity contribution in [3.8, 4) is 0 Å². The Labute approximate surface area is 138 Å². The number of aryl methyl sites for hydroxylation is 1. The molecule has 1 heterocycles. The lowest BCUT2D eigenvalue weighted by Crippen LogP contribution is -2.32. The van der Waals surface area contributed by atoms with E-state index in [4.69, 9.17) is 0 Å². The molecule has 0 bridgehead atoms. The summed E-state index contributed by atoms with van der Waals surface area (Å²) in [4.78, 5) is 14.8. The minimum atomic E-state index is -3.53. The molecule has 1 aromatic carbocycles. The number of hydrogen-bond acceptors (Lipinski definition) is 3. The standard InChI is InChI=1S/C17H24N2O3S/c1-13-6-9-15(23(21,22)18-14-7-8-14)12-16(13)17(20)19-10-4-2-3-5-11-19/h6,9,12,14,18H,2-5,7-8,10-11H2,1H3. The first-order valence-corrected chi connectivity index (χ1v) is 9.88. The molecule has 0 aromatic heterocycles. The van der Waals surface area contributed by atoms with Crippen molar-refractivity contribution in [3.05, 3.63) is 29.3 Å². The summed E-state index contributed by atoms with van der Waals surface area (Å²) in [7, 11) is -3.53. The molecule has 0 atom stereocenters. The van der Waals surface area contributed by atoms with E-state index < -0.39 is 10.0 Å². The van der Waals surface area contributed by atoms with Crippen LogP contribution in [0.5, 0.6) is 0 Å². The number of sulfonamides is 1. The van der Waals surface area contributed by atoms with Crippen molar-refractivity contribution in [2.24, 2.45) is 0 Å². The van der Waals surface area contributed by atoms with E-state index in [1.165, 1.54) is 6.07 Å². The summed E-state index contributed by atoms with van der Waals surface area (Å²) in [6, 6.07) is 4.91. The summed E-state index contributed by atoms with van der Waals surface area (Å²) >= 11 is 0. The highest BCUT2D eigenvalue weighted by atomic mass is 32.2. The van der Waals surface area contributed by atoms with Gasteiger partial charge in [-0.1, -0.05) is 18.9 Å². The molecule has 0 spiro atoms. The Morgan fingerprint density at radius 2 is 1.78 bits per heavy atom. The minimum Gasteiger partial charge on any atom is -0.339 e. The van der Waals surface area contributed by atoms with Crippen molar-refractivity contribution >= 4 is 15.9 Å². The number of nitrogens with one attached hydrogen (secondary N) is 1. The first-order valence-electron chi connectivity index (χ1n) is 8.39. The number of carbonyl (C=O) groups is 1. The highest BCUT2D eigenvalue weighted by molar-refractivity contribution is 7.89. The lowest BCUT2D eigenvalue weighted by Gasteiger charge is -2.21. The molecule has 1 N–H and O–H groups in total. The molecule has 1 amide bonds. The highest BCUT2D eigenvalue weighted by Crippen LogP contribution is 2.24. The van der Waals surface area contributed by atoms with Crippen LogP contribution in [-0.4, -0.2) is 38.4 Å². The Balaban J connectivity index is 1.86. The van der Waals surface area contributed by atoms with Gasteiger partial charge in [-0.05, 0) is 50.3 Å². The van der Waals surface area contributed by atoms with E-state index in [9.17, 15) is 13.2 Å². The topological polar surface area (TPSA) is 66.5 Å². The van der Waals surface area contributed by atoms with Gasteiger partial charge in [-0.3, -0.25) is 4.79 Å². The van der Waals surface area contributed by atoms with Gasteiger partial charge in [0.25, 0.3) is 5.91 Å². The molecule has 23 heavy (non-hydrogen) atoms. The maximum absolute atomic E-state index is 12.8. The molecule has 0 unspecified atom stereocenters. The van der Waals surface area contributed by atoms with Gasteiger partial charge in [-0.2, -0.15) is 0 Å². The predicted molar refractivity (Wildman–Crippen MR) is 88.9 cm³/mol. The number of carbonyl (C=O) groups excluding carboxylic acids is 1. The summed E-state index contributed by atoms with van der Waals surface area (Å²) in [5, 5.41) is 0. The second-order valence-electron chi connectivity index (χ2n) is 6.58. The van der Waals surface area contributed by atoms with E-state index in [-0.39, 0.29) is 16.8 Å². The Morgan fingerprint density at radius 1 is 1.13 bits per heavy atom. The molecule has 0 radical (unpaired) electrons. The monoisotopic (exact) mass is 336 g/mol. The zero-order chi connectivity index (χ0) is 16.4. The Hall–Kier alpha value is -1.40. The van der Waals surface area contributed by atoms with Crippen LogP contribution < -0.4 is 4.72 Å². The van der Waals surface area contributed by atoms with Crippen molar-refractivity contribution in [1.82, 2.24) is 9.62 Å². The minimum absolute atomic E-state index is 0.0483. The maximum atomic E-state index is 12.8. The number of amides is 1. The van der Waals surface area contributed by atoms with Crippen molar-refractivity contribution in [3.63, 3.8) is 0 Å². The third kappa shape index (κ3) is 3.93. The molecule has 6 heteroatoms. The fourth-order valence-corrected chi connectivity index (χ4v) is 4.26. The van der Waals surface area contributed by atoms with Gasteiger partial charge in [0.05, 0.1) is 4.90 Å². The van der Waals surface area contributed by atoms with E-state index in [1.807, 2.05) is 11.8 Å². The number of hydrogen-bond donors (Lipinski definition) is 1. The molecule has 1 aromatic rings. The second-order valence-corrected chi connectivity index (χ2v) is 8.29. The summed E-state index contributed by atoms with van der Waals surface area (Å²) < 4.78 is 27.4. The van der Waals surface area contributed by atoms with Crippen molar-refractivity contribution in [1.29, 1.82) is 0 Å². The van der Waals surface area contributed by atoms with Gasteiger partial charge in [0, 0.05) is 24.7 Å². The summed E-state index contributed by atoms with van der Waals surface area (Å²) in [5.41, 5.74) is 1.33. The molecule has 1 saturated carbocycles. The smallest absolute Gasteiger partial charge is 0.254 e. The van der Waals surface area contributed by atoms with Crippen LogP contribution in [-0.2, 0) is 10.0 Å². The average molecular weight is 336 g/mol. The van der Waals surface area contributed by atoms with Gasteiger partial charge in [0.1, 0.15) is 0 Å². The average Bonchev–Trinajstić information content (AvgIpc) is 3.33. The van der Waals surface area contributed by atoms with Crippen LogP contribution in [0.4, 0.5) is 0 Å². The van der Waals surface area contributed by atoms with E-state index in [0.717, 1.165) is 57.2 Å². The third-order valence-electron chi connectivity index (χ3n) is 4.54. The lowest BCUT2D eigenvalue weighted by atomic mass is 10.1. The molecule has 1 aliphatic heterocycles. The third-order valence-corrected chi connectivity index (χ3v) is 6.06. The molecular weight excluding hydrogens is 312 g/mol. The largest absolute Gasteiger partial charge is 0.339 e. The van der Waals surface area contributed by atoms with Crippen molar-refractivity contribution in [2.75, 3.05) is 13.1 Å². The number of likely N-dealkylation sites (tertiary alicyclic amines) is 1. The van der Waals surface area contributed by atoms with Gasteiger partial charge in [-0.25, -0.2) is 13.1 Å². The molecule has 126 valence electrons. The van der Waals surface area contributed by atoms with Crippen LogP contribution in [0.3, 0.4) is 0 Å². The molecular formula is C17H24N2O3S. The molecule has 2 aliphatic rings. The SMILES string of the molecule is Cc1ccc(S(=O)(=O)NC2CC2)cc1C(=O)N1CCCCCC1. The van der Waals surface area contributed by atoms with Crippen LogP contribution >= 0.6 is 0 Å². The van der Waals surface area contributed by atoms with E-state index in [2.05, 4.69) is 4.72 Å². The number of benzene rings is 1. The second kappa shape index (κ2) is 6.61. The van der Waals surface area contributed by atoms with Gasteiger partial charge >= 0.3 is 0 Å². The summed E-state index contributed by atoms with van der Waals surface area (Å²) in [6.45, 7) is 3.38. The Bertz CT molecular complexity index is 688. The maximum Gasteiger partial charge on any atom is 0.254 e. The molecule has 2 fully saturated rings. The van der Waals surface area contributed by atoms with Crippen molar-refractivity contribution in [2.45, 2.75) is 56.4 Å². The van der Waals surface area contributed by atoms with Crippen LogP contribution in [0.2, 0.25) is 0 Å². The number of rotatable bonds is 4. The van der Waals surface area contributed by atoms with Crippen LogP contribution in [0.15, 0.2) is 23.1 Å². The zero-order valence-electron chi connectivity index (χ0n) is 13.5. The van der Waals surface area contributed by atoms with Crippen molar-refractivity contribution < 1.29 is 13.2 Å². The normalized spacial score (nSPS) is 19.4. The van der Waals surface area contributed by atoms with Gasteiger partial charge in [0.15, 0.2) is 0 Å². The van der Waals surface area contributed by atoms with E-state index >= 15 is 0 Å². The fraction of sp³-hybridized carbons (Fsp3) is 0.588. The van der Waals surface area contributed by atoms with E-state index in [0.29, 0.717) is 5.56 Å². The van der Waals surface area contributed by atoms with Gasteiger partial charge < -0.3 is 4.90 Å². The number of nitrogens with zero attached hydrogens (tertiary/aromatic N) is 1. The van der Waals surface area contributed by atoms with Gasteiger partial charge in [0.2, 0.25) is 10.0 Å². The Morgan fingerprint density at radius 3 is 2.39 bits per heavy atom. The van der Waals surface area contributed by atoms with Gasteiger partial charge in [-0.15, -0.1) is 0 Å². The summed E-state index contributed by atoms with van der Waals surface area (Å²) in [5.74, 6) is -0.0483. The molecule has 3 rings (SSSR count). The Kier molecular flexibility index (Phi) is 4.73. The molecule has 1 saturated heterocycles. The van der Waals surface area contributed by atoms with Crippen LogP contribution in [0.25, 0.3) is 0 Å². The first kappa shape index (κ1) is 16.5. The molecule has 1 aliphatic carbocycles. The van der Waals surface area contributed by atoms with E-state index in [1.54, 1.807) is 12.1 Å². The molecule has 5 nitrogen and oxygen atoms in total. The quantitative estimate of drug-likeness (QED) is 0.918. The lowest BCUT2D eigenvalue weighted by molar-refractivity contribution is 0.0760. The fourth-order valence-electron chi connectivity index (χ4n) is 2.93. The first-order chi connectivity index (χ1) is 11.0. The summed E-state index contributed by atoms with van der Waals surface area (Å²) in [6.07, 6.45) is 6.14. The highest BCUT2D eigenvalue weighted by Gasteiger charge is 2.29. The van der Waals surface area contributed by atoms with Crippen LogP contribution in [0.1, 0.15) is 54.4 Å². The zero-order valence-corrected chi connectivity index (χ0v) is 14.4. The van der Waals surface area contributed by atoms with Crippen LogP contribution in [0, 0.1) is 6.92 Å².